The number of aryl methyl sites for hydroxylation is 6. The Labute approximate surface area is 490 Å². The normalized spacial score (nSPS) is 20.4. The second-order valence-electron chi connectivity index (χ2n) is 25.1. The number of fused-ring (bicyclic) bond motifs is 4. The topological polar surface area (TPSA) is 150 Å². The Kier molecular flexibility index (Phi) is 21.5. The van der Waals surface area contributed by atoms with Gasteiger partial charge >= 0.3 is 12.2 Å². The second kappa shape index (κ2) is 28.0. The van der Waals surface area contributed by atoms with Crippen LogP contribution < -0.4 is 20.4 Å². The van der Waals surface area contributed by atoms with E-state index in [0.717, 1.165) is 158 Å². The van der Waals surface area contributed by atoms with Gasteiger partial charge in [0.1, 0.15) is 11.2 Å². The molecule has 4 heterocycles. The first kappa shape index (κ1) is 62.9. The zero-order valence-corrected chi connectivity index (χ0v) is 52.1. The molecule has 0 spiro atoms. The molecule has 4 aromatic rings. The van der Waals surface area contributed by atoms with Crippen molar-refractivity contribution in [2.45, 2.75) is 221 Å². The smallest absolute Gasteiger partial charge is 0.410 e. The standard InChI is InChI=1S/2C34H48N4O3/c2*1-8-38(27-19-17-26(18-20-27)37(7)33(40)41-34(4,5)6)31-16-12-15-29-28(31)14-11-9-10-13-25-21-23(2)36-24(3)30(25)22-35-32(29)39/h2*9,11-12,15-16,21,26-27H,8,10,13-14,17-20,22H2,1-7H3,(H,35,39)/b2*11-9+. The highest BCUT2D eigenvalue weighted by Gasteiger charge is 2.35. The van der Waals surface area contributed by atoms with Crippen molar-refractivity contribution >= 4 is 35.4 Å². The molecule has 0 atom stereocenters. The van der Waals surface area contributed by atoms with Crippen molar-refractivity contribution < 1.29 is 28.7 Å². The number of pyridine rings is 2. The number of rotatable bonds is 8. The number of hydrogen-bond donors (Lipinski definition) is 2. The molecular weight excluding hydrogens is 1020 g/mol. The summed E-state index contributed by atoms with van der Waals surface area (Å²) in [5.41, 5.74) is 13.7. The number of amides is 4. The lowest BCUT2D eigenvalue weighted by Crippen LogP contribution is -2.46. The number of allylic oxidation sites excluding steroid dienone is 4. The molecule has 4 aliphatic rings. The van der Waals surface area contributed by atoms with Gasteiger partial charge < -0.3 is 39.7 Å². The van der Waals surface area contributed by atoms with Crippen molar-refractivity contribution in [3.8, 4) is 0 Å². The Morgan fingerprint density at radius 1 is 0.537 bits per heavy atom. The zero-order chi connectivity index (χ0) is 59.5. The van der Waals surface area contributed by atoms with E-state index in [4.69, 9.17) is 9.47 Å². The fourth-order valence-electron chi connectivity index (χ4n) is 12.7. The van der Waals surface area contributed by atoms with Crippen LogP contribution in [0.3, 0.4) is 0 Å². The van der Waals surface area contributed by atoms with Gasteiger partial charge in [-0.1, -0.05) is 36.4 Å². The van der Waals surface area contributed by atoms with Gasteiger partial charge in [-0.3, -0.25) is 19.6 Å². The molecule has 2 aliphatic carbocycles. The molecule has 4 amide bonds. The van der Waals surface area contributed by atoms with E-state index in [-0.39, 0.29) is 36.1 Å². The Morgan fingerprint density at radius 2 is 0.890 bits per heavy atom. The van der Waals surface area contributed by atoms with Crippen LogP contribution in [0.15, 0.2) is 72.8 Å². The first-order valence-corrected chi connectivity index (χ1v) is 30.4. The van der Waals surface area contributed by atoms with Crippen molar-refractivity contribution in [3.63, 3.8) is 0 Å². The fourth-order valence-corrected chi connectivity index (χ4v) is 12.7. The van der Waals surface area contributed by atoms with E-state index in [1.165, 1.54) is 11.1 Å². The van der Waals surface area contributed by atoms with Gasteiger partial charge in [0.05, 0.1) is 0 Å². The van der Waals surface area contributed by atoms with Crippen LogP contribution in [0.1, 0.15) is 196 Å². The van der Waals surface area contributed by atoms with Gasteiger partial charge in [-0.25, -0.2) is 9.59 Å². The summed E-state index contributed by atoms with van der Waals surface area (Å²) in [6.07, 6.45) is 21.3. The van der Waals surface area contributed by atoms with Crippen LogP contribution in [-0.4, -0.2) is 106 Å². The first-order chi connectivity index (χ1) is 39.0. The van der Waals surface area contributed by atoms with Gasteiger partial charge in [0.2, 0.25) is 0 Å². The molecule has 0 bridgehead atoms. The van der Waals surface area contributed by atoms with Crippen LogP contribution >= 0.6 is 0 Å². The monoisotopic (exact) mass is 1120 g/mol. The molecule has 2 aliphatic heterocycles. The molecule has 0 radical (unpaired) electrons. The highest BCUT2D eigenvalue weighted by molar-refractivity contribution is 5.98. The molecule has 2 fully saturated rings. The molecule has 2 aromatic carbocycles. The van der Waals surface area contributed by atoms with Gasteiger partial charge in [-0.15, -0.1) is 0 Å². The van der Waals surface area contributed by atoms with Crippen LogP contribution in [0.25, 0.3) is 0 Å². The average Bonchev–Trinajstić information content (AvgIpc) is 3.43. The van der Waals surface area contributed by atoms with E-state index >= 15 is 0 Å². The highest BCUT2D eigenvalue weighted by atomic mass is 16.6. The predicted octanol–water partition coefficient (Wildman–Crippen LogP) is 13.4. The van der Waals surface area contributed by atoms with E-state index in [0.29, 0.717) is 38.0 Å². The summed E-state index contributed by atoms with van der Waals surface area (Å²) in [5.74, 6) is -0.0824. The number of nitrogens with one attached hydrogen (secondary N) is 2. The Morgan fingerprint density at radius 3 is 1.23 bits per heavy atom. The third kappa shape index (κ3) is 16.3. The zero-order valence-electron chi connectivity index (χ0n) is 52.1. The van der Waals surface area contributed by atoms with Crippen molar-refractivity contribution in [1.82, 2.24) is 30.4 Å². The van der Waals surface area contributed by atoms with Crippen molar-refractivity contribution in [1.29, 1.82) is 0 Å². The van der Waals surface area contributed by atoms with E-state index in [1.807, 2.05) is 108 Å². The van der Waals surface area contributed by atoms with Crippen LogP contribution in [0, 0.1) is 27.7 Å². The molecule has 14 nitrogen and oxygen atoms in total. The third-order valence-electron chi connectivity index (χ3n) is 16.9. The number of ether oxygens (including phenoxy) is 2. The molecule has 14 heteroatoms. The molecule has 2 saturated carbocycles. The number of nitrogens with zero attached hydrogens (tertiary/aromatic N) is 6. The third-order valence-corrected chi connectivity index (χ3v) is 16.9. The molecule has 2 aromatic heterocycles. The highest BCUT2D eigenvalue weighted by Crippen LogP contribution is 2.36. The number of benzene rings is 2. The molecule has 2 N–H and O–H groups in total. The van der Waals surface area contributed by atoms with Gasteiger partial charge in [-0.2, -0.15) is 0 Å². The summed E-state index contributed by atoms with van der Waals surface area (Å²) in [6.45, 7) is 26.6. The Hall–Kier alpha value is -6.70. The average molecular weight is 1120 g/mol. The van der Waals surface area contributed by atoms with E-state index < -0.39 is 11.2 Å². The number of hydrogen-bond acceptors (Lipinski definition) is 10. The first-order valence-electron chi connectivity index (χ1n) is 30.4. The SMILES string of the molecule is CCN(c1cccc2c1C/C=C/CCc1cc(C)nc(C)c1CNC2=O)C1CCC(N(C)C(=O)OC(C)(C)C)CC1.CCN(c1cccc2c1C/C=C/CCc1cc(C)nc(C)c1CNC2=O)C1CCC(N(C)C(=O)OC(C)(C)C)CC1. The molecule has 8 rings (SSSR count). The van der Waals surface area contributed by atoms with E-state index in [1.54, 1.807) is 9.80 Å². The lowest BCUT2D eigenvalue weighted by molar-refractivity contribution is 0.0173. The summed E-state index contributed by atoms with van der Waals surface area (Å²) < 4.78 is 11.2. The maximum atomic E-state index is 13.6. The van der Waals surface area contributed by atoms with Gasteiger partial charge in [-0.05, 0) is 243 Å². The summed E-state index contributed by atoms with van der Waals surface area (Å²) in [4.78, 5) is 70.3. The van der Waals surface area contributed by atoms with Crippen molar-refractivity contribution in [2.75, 3.05) is 37.0 Å². The Balaban J connectivity index is 0.000000236. The Bertz CT molecular complexity index is 2740. The summed E-state index contributed by atoms with van der Waals surface area (Å²) in [5, 5.41) is 6.42. The quantitative estimate of drug-likeness (QED) is 0.163. The maximum absolute atomic E-state index is 13.6. The minimum Gasteiger partial charge on any atom is -0.444 e. The van der Waals surface area contributed by atoms with Crippen LogP contribution in [0.5, 0.6) is 0 Å². The fraction of sp³-hybridized carbons (Fsp3) is 0.559. The number of anilines is 2. The number of aromatic nitrogens is 2. The van der Waals surface area contributed by atoms with E-state index in [9.17, 15) is 19.2 Å². The molecule has 0 saturated heterocycles. The van der Waals surface area contributed by atoms with Crippen LogP contribution in [0.2, 0.25) is 0 Å². The summed E-state index contributed by atoms with van der Waals surface area (Å²) in [6, 6.07) is 17.6. The maximum Gasteiger partial charge on any atom is 0.410 e. The number of carbonyl (C=O) groups is 4. The van der Waals surface area contributed by atoms with Crippen molar-refractivity contribution in [3.05, 3.63) is 140 Å². The van der Waals surface area contributed by atoms with Crippen LogP contribution in [-0.2, 0) is 48.2 Å². The summed E-state index contributed by atoms with van der Waals surface area (Å²) in [7, 11) is 3.71. The lowest BCUT2D eigenvalue weighted by atomic mass is 9.88. The molecule has 82 heavy (non-hydrogen) atoms. The largest absolute Gasteiger partial charge is 0.444 e. The number of carbonyl (C=O) groups excluding carboxylic acids is 4. The molecule has 444 valence electrons. The lowest BCUT2D eigenvalue weighted by Gasteiger charge is -2.41. The van der Waals surface area contributed by atoms with E-state index in [2.05, 4.69) is 92.8 Å². The molecular formula is C68H96N8O6. The summed E-state index contributed by atoms with van der Waals surface area (Å²) >= 11 is 0. The van der Waals surface area contributed by atoms with Crippen LogP contribution in [0.4, 0.5) is 21.0 Å². The van der Waals surface area contributed by atoms with Gasteiger partial charge in [0.25, 0.3) is 11.8 Å². The van der Waals surface area contributed by atoms with Gasteiger partial charge in [0, 0.05) is 110 Å². The molecule has 0 unspecified atom stereocenters. The second-order valence-corrected chi connectivity index (χ2v) is 25.1. The predicted molar refractivity (Wildman–Crippen MR) is 331 cm³/mol. The minimum absolute atomic E-state index is 0.0412. The van der Waals surface area contributed by atoms with Crippen molar-refractivity contribution in [2.24, 2.45) is 0 Å². The van der Waals surface area contributed by atoms with Gasteiger partial charge in [0.15, 0.2) is 0 Å². The minimum atomic E-state index is -0.500.